The number of phenols is 2. The molecule has 0 amide bonds. The highest BCUT2D eigenvalue weighted by Gasteiger charge is 1.97. The molecule has 0 unspecified atom stereocenters. The largest absolute Gasteiger partial charge is 0.508 e. The van der Waals surface area contributed by atoms with E-state index in [-0.39, 0.29) is 11.5 Å². The minimum atomic E-state index is -0.0503. The lowest BCUT2D eigenvalue weighted by Crippen LogP contribution is -1.86. The second-order valence-corrected chi connectivity index (χ2v) is 3.75. The Labute approximate surface area is 110 Å². The second kappa shape index (κ2) is 5.69. The van der Waals surface area contributed by atoms with Crippen LogP contribution in [-0.4, -0.2) is 17.3 Å². The van der Waals surface area contributed by atoms with Crippen molar-refractivity contribution in [1.29, 1.82) is 0 Å². The summed E-state index contributed by atoms with van der Waals surface area (Å²) < 4.78 is 10.3. The van der Waals surface area contributed by atoms with Crippen molar-refractivity contribution < 1.29 is 19.7 Å². The van der Waals surface area contributed by atoms with E-state index in [1.165, 1.54) is 18.2 Å². The number of phenolic OH excluding ortho intramolecular Hbond substituents is 2. The van der Waals surface area contributed by atoms with Crippen molar-refractivity contribution in [2.75, 3.05) is 7.11 Å². The van der Waals surface area contributed by atoms with Gasteiger partial charge < -0.3 is 19.7 Å². The SMILES string of the molecule is COc1cccc(OC#Cc2cc(O)cc(O)c2)c1. The average Bonchev–Trinajstić information content (AvgIpc) is 2.38. The molecule has 2 N–H and O–H groups in total. The Balaban J connectivity index is 2.11. The van der Waals surface area contributed by atoms with Crippen molar-refractivity contribution in [3.8, 4) is 35.0 Å². The Morgan fingerprint density at radius 2 is 1.63 bits per heavy atom. The molecular weight excluding hydrogens is 244 g/mol. The van der Waals surface area contributed by atoms with Crippen LogP contribution in [0.1, 0.15) is 5.56 Å². The molecule has 0 aliphatic carbocycles. The Kier molecular flexibility index (Phi) is 3.79. The van der Waals surface area contributed by atoms with Crippen molar-refractivity contribution in [3.63, 3.8) is 0 Å². The first-order chi connectivity index (χ1) is 9.17. The summed E-state index contributed by atoms with van der Waals surface area (Å²) in [6.07, 6.45) is 2.50. The van der Waals surface area contributed by atoms with Crippen LogP contribution in [0.25, 0.3) is 0 Å². The first-order valence-corrected chi connectivity index (χ1v) is 5.52. The zero-order valence-corrected chi connectivity index (χ0v) is 10.3. The van der Waals surface area contributed by atoms with E-state index in [9.17, 15) is 10.2 Å². The van der Waals surface area contributed by atoms with Gasteiger partial charge in [0.1, 0.15) is 29.1 Å². The van der Waals surface area contributed by atoms with Gasteiger partial charge in [0.05, 0.1) is 7.11 Å². The molecule has 0 aliphatic rings. The van der Waals surface area contributed by atoms with E-state index in [0.717, 1.165) is 0 Å². The maximum Gasteiger partial charge on any atom is 0.143 e. The molecule has 96 valence electrons. The zero-order chi connectivity index (χ0) is 13.7. The first kappa shape index (κ1) is 12.7. The van der Waals surface area contributed by atoms with Crippen LogP contribution < -0.4 is 9.47 Å². The maximum atomic E-state index is 9.29. The summed E-state index contributed by atoms with van der Waals surface area (Å²) >= 11 is 0. The molecule has 2 rings (SSSR count). The summed E-state index contributed by atoms with van der Waals surface area (Å²) in [5.74, 6) is 3.81. The molecule has 0 heterocycles. The zero-order valence-electron chi connectivity index (χ0n) is 10.3. The van der Waals surface area contributed by atoms with Crippen LogP contribution in [-0.2, 0) is 0 Å². The smallest absolute Gasteiger partial charge is 0.143 e. The number of benzene rings is 2. The Morgan fingerprint density at radius 3 is 2.32 bits per heavy atom. The van der Waals surface area contributed by atoms with Crippen molar-refractivity contribution in [2.24, 2.45) is 0 Å². The predicted octanol–water partition coefficient (Wildman–Crippen LogP) is 2.49. The first-order valence-electron chi connectivity index (χ1n) is 5.52. The lowest BCUT2D eigenvalue weighted by molar-refractivity contribution is 0.411. The highest BCUT2D eigenvalue weighted by atomic mass is 16.5. The van der Waals surface area contributed by atoms with Crippen LogP contribution in [0.3, 0.4) is 0 Å². The van der Waals surface area contributed by atoms with Crippen molar-refractivity contribution in [3.05, 3.63) is 48.0 Å². The second-order valence-electron chi connectivity index (χ2n) is 3.75. The molecular formula is C15H12O4. The van der Waals surface area contributed by atoms with Crippen LogP contribution >= 0.6 is 0 Å². The minimum absolute atomic E-state index is 0.0503. The average molecular weight is 256 g/mol. The predicted molar refractivity (Wildman–Crippen MR) is 70.3 cm³/mol. The van der Waals surface area contributed by atoms with Gasteiger partial charge >= 0.3 is 0 Å². The van der Waals surface area contributed by atoms with E-state index in [2.05, 4.69) is 12.0 Å². The summed E-state index contributed by atoms with van der Waals surface area (Å²) in [4.78, 5) is 0. The molecule has 0 saturated heterocycles. The highest BCUT2D eigenvalue weighted by Crippen LogP contribution is 2.20. The fourth-order valence-corrected chi connectivity index (χ4v) is 1.48. The molecule has 4 heteroatoms. The third-order valence-electron chi connectivity index (χ3n) is 2.31. The van der Waals surface area contributed by atoms with Crippen LogP contribution in [0.2, 0.25) is 0 Å². The third-order valence-corrected chi connectivity index (χ3v) is 2.31. The van der Waals surface area contributed by atoms with Crippen LogP contribution in [0.15, 0.2) is 42.5 Å². The molecule has 19 heavy (non-hydrogen) atoms. The van der Waals surface area contributed by atoms with Gasteiger partial charge in [0.15, 0.2) is 0 Å². The molecule has 4 nitrogen and oxygen atoms in total. The van der Waals surface area contributed by atoms with Gasteiger partial charge in [-0.25, -0.2) is 0 Å². The Bertz CT molecular complexity index is 618. The fourth-order valence-electron chi connectivity index (χ4n) is 1.48. The van der Waals surface area contributed by atoms with E-state index in [4.69, 9.17) is 9.47 Å². The summed E-state index contributed by atoms with van der Waals surface area (Å²) in [5.41, 5.74) is 0.459. The van der Waals surface area contributed by atoms with Gasteiger partial charge in [-0.1, -0.05) is 6.07 Å². The third kappa shape index (κ3) is 3.58. The van der Waals surface area contributed by atoms with E-state index < -0.39 is 0 Å². The Hall–Kier alpha value is -2.80. The quantitative estimate of drug-likeness (QED) is 0.810. The van der Waals surface area contributed by atoms with Crippen molar-refractivity contribution in [1.82, 2.24) is 0 Å². The van der Waals surface area contributed by atoms with Crippen LogP contribution in [0.4, 0.5) is 0 Å². The Morgan fingerprint density at radius 1 is 0.947 bits per heavy atom. The monoisotopic (exact) mass is 256 g/mol. The van der Waals surface area contributed by atoms with Gasteiger partial charge in [0.25, 0.3) is 0 Å². The van der Waals surface area contributed by atoms with Gasteiger partial charge in [0, 0.05) is 17.7 Å². The van der Waals surface area contributed by atoms with Gasteiger partial charge in [-0.05, 0) is 30.2 Å². The molecule has 0 radical (unpaired) electrons. The van der Waals surface area contributed by atoms with Gasteiger partial charge in [-0.3, -0.25) is 0 Å². The number of rotatable bonds is 2. The van der Waals surface area contributed by atoms with Crippen LogP contribution in [0.5, 0.6) is 23.0 Å². The van der Waals surface area contributed by atoms with E-state index in [1.54, 1.807) is 31.4 Å². The van der Waals surface area contributed by atoms with E-state index >= 15 is 0 Å². The lowest BCUT2D eigenvalue weighted by atomic mass is 10.2. The highest BCUT2D eigenvalue weighted by molar-refractivity contribution is 5.45. The molecule has 0 atom stereocenters. The number of methoxy groups -OCH3 is 1. The topological polar surface area (TPSA) is 58.9 Å². The van der Waals surface area contributed by atoms with Crippen LogP contribution in [0, 0.1) is 12.0 Å². The molecule has 2 aromatic carbocycles. The maximum absolute atomic E-state index is 9.29. The molecule has 0 spiro atoms. The molecule has 0 fully saturated rings. The van der Waals surface area contributed by atoms with Crippen molar-refractivity contribution in [2.45, 2.75) is 0 Å². The summed E-state index contributed by atoms with van der Waals surface area (Å²) in [6, 6.07) is 11.1. The molecule has 0 bridgehead atoms. The normalized spacial score (nSPS) is 9.32. The molecule has 0 saturated carbocycles. The number of hydrogen-bond donors (Lipinski definition) is 2. The van der Waals surface area contributed by atoms with Crippen molar-refractivity contribution >= 4 is 0 Å². The fraction of sp³-hybridized carbons (Fsp3) is 0.0667. The summed E-state index contributed by atoms with van der Waals surface area (Å²) in [6.45, 7) is 0. The minimum Gasteiger partial charge on any atom is -0.508 e. The number of hydrogen-bond acceptors (Lipinski definition) is 4. The van der Waals surface area contributed by atoms with Gasteiger partial charge in [0.2, 0.25) is 0 Å². The molecule has 0 aliphatic heterocycles. The van der Waals surface area contributed by atoms with Gasteiger partial charge in [-0.2, -0.15) is 0 Å². The standard InChI is InChI=1S/C15H12O4/c1-18-14-3-2-4-15(10-14)19-6-5-11-7-12(16)9-13(17)8-11/h2-4,7-10,16-17H,1H3. The summed E-state index contributed by atoms with van der Waals surface area (Å²) in [7, 11) is 1.57. The molecule has 2 aromatic rings. The summed E-state index contributed by atoms with van der Waals surface area (Å²) in [5, 5.41) is 18.6. The number of aromatic hydroxyl groups is 2. The van der Waals surface area contributed by atoms with E-state index in [1.807, 2.05) is 0 Å². The van der Waals surface area contributed by atoms with E-state index in [0.29, 0.717) is 17.1 Å². The van der Waals surface area contributed by atoms with Gasteiger partial charge in [-0.15, -0.1) is 0 Å². The molecule has 0 aromatic heterocycles. The number of ether oxygens (including phenoxy) is 2. The lowest BCUT2D eigenvalue weighted by Gasteiger charge is -2.01.